The highest BCUT2D eigenvalue weighted by Gasteiger charge is 2.46. The highest BCUT2D eigenvalue weighted by atomic mass is 16.8. The fraction of sp³-hybridized carbons (Fsp3) is 0.805. The lowest BCUT2D eigenvalue weighted by atomic mass is 9.98. The van der Waals surface area contributed by atoms with Crippen molar-refractivity contribution in [3.05, 3.63) is 48.6 Å². The maximum absolute atomic E-state index is 9.79. The predicted octanol–water partition coefficient (Wildman–Crippen LogP) is 11.9. The first-order valence-electron chi connectivity index (χ1n) is 19.4. The maximum atomic E-state index is 9.79. The van der Waals surface area contributed by atoms with Gasteiger partial charge in [0.15, 0.2) is 5.79 Å². The SMILES string of the molecule is CCCCC/C=C\C/C=C\CCCCCCCCC1(CCCCCCCC/C=C\C/C=C\CCCCC)O[C@@H](CO)[C@H](CO)O1. The van der Waals surface area contributed by atoms with Crippen LogP contribution >= 0.6 is 0 Å². The summed E-state index contributed by atoms with van der Waals surface area (Å²) in [5.74, 6) is -0.634. The van der Waals surface area contributed by atoms with Gasteiger partial charge < -0.3 is 19.7 Å². The normalized spacial score (nSPS) is 18.6. The van der Waals surface area contributed by atoms with Gasteiger partial charge in [0.25, 0.3) is 0 Å². The molecule has 0 spiro atoms. The van der Waals surface area contributed by atoms with Crippen LogP contribution in [0, 0.1) is 0 Å². The second-order valence-electron chi connectivity index (χ2n) is 13.3. The molecule has 45 heavy (non-hydrogen) atoms. The van der Waals surface area contributed by atoms with Gasteiger partial charge in [0.1, 0.15) is 12.2 Å². The van der Waals surface area contributed by atoms with Gasteiger partial charge >= 0.3 is 0 Å². The van der Waals surface area contributed by atoms with Crippen molar-refractivity contribution < 1.29 is 19.7 Å². The molecule has 4 nitrogen and oxygen atoms in total. The molecule has 2 N–H and O–H groups in total. The molecule has 1 aliphatic rings. The Morgan fingerprint density at radius 2 is 0.733 bits per heavy atom. The zero-order chi connectivity index (χ0) is 32.5. The van der Waals surface area contributed by atoms with E-state index in [1.54, 1.807) is 0 Å². The molecular weight excluding hydrogens is 556 g/mol. The Kier molecular flexibility index (Phi) is 29.2. The van der Waals surface area contributed by atoms with Crippen LogP contribution in [0.1, 0.15) is 181 Å². The minimum atomic E-state index is -0.634. The van der Waals surface area contributed by atoms with E-state index in [4.69, 9.17) is 9.47 Å². The largest absolute Gasteiger partial charge is 0.394 e. The Morgan fingerprint density at radius 1 is 0.422 bits per heavy atom. The van der Waals surface area contributed by atoms with E-state index >= 15 is 0 Å². The smallest absolute Gasteiger partial charge is 0.169 e. The fourth-order valence-electron chi connectivity index (χ4n) is 6.17. The molecule has 1 aliphatic heterocycles. The van der Waals surface area contributed by atoms with Gasteiger partial charge in [-0.25, -0.2) is 0 Å². The van der Waals surface area contributed by atoms with Crippen molar-refractivity contribution in [1.82, 2.24) is 0 Å². The molecule has 0 unspecified atom stereocenters. The first-order valence-corrected chi connectivity index (χ1v) is 19.4. The van der Waals surface area contributed by atoms with E-state index in [1.165, 1.54) is 128 Å². The molecule has 4 heteroatoms. The van der Waals surface area contributed by atoms with Gasteiger partial charge in [0, 0.05) is 12.8 Å². The third-order valence-corrected chi connectivity index (χ3v) is 9.02. The van der Waals surface area contributed by atoms with Crippen molar-refractivity contribution in [1.29, 1.82) is 0 Å². The van der Waals surface area contributed by atoms with E-state index in [9.17, 15) is 10.2 Å². The van der Waals surface area contributed by atoms with Crippen LogP contribution in [0.15, 0.2) is 48.6 Å². The number of aliphatic hydroxyl groups is 2. The summed E-state index contributed by atoms with van der Waals surface area (Å²) in [7, 11) is 0. The summed E-state index contributed by atoms with van der Waals surface area (Å²) in [6, 6.07) is 0. The van der Waals surface area contributed by atoms with E-state index in [-0.39, 0.29) is 13.2 Å². The Labute approximate surface area is 279 Å². The number of hydrogen-bond acceptors (Lipinski definition) is 4. The maximum Gasteiger partial charge on any atom is 0.169 e. The quantitative estimate of drug-likeness (QED) is 0.0573. The summed E-state index contributed by atoms with van der Waals surface area (Å²) < 4.78 is 12.6. The van der Waals surface area contributed by atoms with Crippen LogP contribution in [0.2, 0.25) is 0 Å². The van der Waals surface area contributed by atoms with Crippen LogP contribution in [-0.2, 0) is 9.47 Å². The van der Waals surface area contributed by atoms with Crippen molar-refractivity contribution in [2.75, 3.05) is 13.2 Å². The summed E-state index contributed by atoms with van der Waals surface area (Å²) >= 11 is 0. The van der Waals surface area contributed by atoms with Crippen LogP contribution in [0.4, 0.5) is 0 Å². The molecule has 0 radical (unpaired) electrons. The lowest BCUT2D eigenvalue weighted by molar-refractivity contribution is -0.190. The number of allylic oxidation sites excluding steroid dienone is 8. The number of hydrogen-bond donors (Lipinski definition) is 2. The van der Waals surface area contributed by atoms with E-state index in [0.29, 0.717) is 0 Å². The molecule has 0 aliphatic carbocycles. The van der Waals surface area contributed by atoms with Gasteiger partial charge in [-0.1, -0.05) is 140 Å². The summed E-state index contributed by atoms with van der Waals surface area (Å²) in [4.78, 5) is 0. The molecule has 0 saturated carbocycles. The Bertz CT molecular complexity index is 678. The van der Waals surface area contributed by atoms with Crippen LogP contribution in [0.5, 0.6) is 0 Å². The van der Waals surface area contributed by atoms with Gasteiger partial charge in [-0.05, 0) is 77.0 Å². The van der Waals surface area contributed by atoms with Gasteiger partial charge in [-0.2, -0.15) is 0 Å². The average molecular weight is 631 g/mol. The van der Waals surface area contributed by atoms with Crippen molar-refractivity contribution in [2.45, 2.75) is 199 Å². The van der Waals surface area contributed by atoms with Crippen LogP contribution in [0.25, 0.3) is 0 Å². The predicted molar refractivity (Wildman–Crippen MR) is 195 cm³/mol. The zero-order valence-corrected chi connectivity index (χ0v) is 29.8. The van der Waals surface area contributed by atoms with Gasteiger partial charge in [0.2, 0.25) is 0 Å². The number of ether oxygens (including phenoxy) is 2. The van der Waals surface area contributed by atoms with Gasteiger partial charge in [-0.3, -0.25) is 0 Å². The molecule has 1 saturated heterocycles. The van der Waals surface area contributed by atoms with Crippen LogP contribution < -0.4 is 0 Å². The van der Waals surface area contributed by atoms with Crippen molar-refractivity contribution >= 4 is 0 Å². The number of rotatable bonds is 32. The first kappa shape index (κ1) is 41.8. The van der Waals surface area contributed by atoms with E-state index in [1.807, 2.05) is 0 Å². The Balaban J connectivity index is 2.15. The molecule has 2 atom stereocenters. The third kappa shape index (κ3) is 23.7. The highest BCUT2D eigenvalue weighted by molar-refractivity contribution is 4.93. The number of aliphatic hydroxyl groups excluding tert-OH is 2. The van der Waals surface area contributed by atoms with Gasteiger partial charge in [0.05, 0.1) is 13.2 Å². The molecule has 0 aromatic carbocycles. The summed E-state index contributed by atoms with van der Waals surface area (Å²) in [6.45, 7) is 4.32. The minimum Gasteiger partial charge on any atom is -0.394 e. The second-order valence-corrected chi connectivity index (χ2v) is 13.3. The molecule has 1 rings (SSSR count). The fourth-order valence-corrected chi connectivity index (χ4v) is 6.17. The summed E-state index contributed by atoms with van der Waals surface area (Å²) in [5, 5.41) is 19.6. The highest BCUT2D eigenvalue weighted by Crippen LogP contribution is 2.37. The molecule has 1 fully saturated rings. The second kappa shape index (κ2) is 31.4. The molecular formula is C41H74O4. The lowest BCUT2D eigenvalue weighted by Crippen LogP contribution is -2.31. The van der Waals surface area contributed by atoms with Crippen molar-refractivity contribution in [3.8, 4) is 0 Å². The van der Waals surface area contributed by atoms with Gasteiger partial charge in [-0.15, -0.1) is 0 Å². The van der Waals surface area contributed by atoms with E-state index in [2.05, 4.69) is 62.5 Å². The molecule has 0 aromatic rings. The first-order chi connectivity index (χ1) is 22.2. The minimum absolute atomic E-state index is 0.0969. The monoisotopic (exact) mass is 631 g/mol. The van der Waals surface area contributed by atoms with Crippen molar-refractivity contribution in [3.63, 3.8) is 0 Å². The molecule has 1 heterocycles. The van der Waals surface area contributed by atoms with Crippen LogP contribution in [0.3, 0.4) is 0 Å². The van der Waals surface area contributed by atoms with Crippen LogP contribution in [-0.4, -0.2) is 41.4 Å². The number of unbranched alkanes of at least 4 members (excludes halogenated alkanes) is 18. The summed E-state index contributed by atoms with van der Waals surface area (Å²) in [5.41, 5.74) is 0. The average Bonchev–Trinajstić information content (AvgIpc) is 3.42. The molecule has 262 valence electrons. The molecule has 0 aromatic heterocycles. The molecule has 0 bridgehead atoms. The van der Waals surface area contributed by atoms with Crippen molar-refractivity contribution in [2.24, 2.45) is 0 Å². The Hall–Kier alpha value is -1.20. The van der Waals surface area contributed by atoms with E-state index < -0.39 is 18.0 Å². The van der Waals surface area contributed by atoms with E-state index in [0.717, 1.165) is 38.5 Å². The molecule has 0 amide bonds. The zero-order valence-electron chi connectivity index (χ0n) is 29.8. The topological polar surface area (TPSA) is 58.9 Å². The lowest BCUT2D eigenvalue weighted by Gasteiger charge is -2.28. The standard InChI is InChI=1S/C41H74O4/c1-3-5-7-9-11-13-15-17-19-21-23-25-27-29-31-33-35-41(44-39(37-42)40(38-43)45-41)36-34-32-30-28-26-24-22-20-18-16-14-12-10-8-6-4-2/h11-14,17-20,39-40,42-43H,3-10,15-16,21-38H2,1-2H3/b13-11-,14-12-,19-17-,20-18-/t39-,40-/m0/s1. The third-order valence-electron chi connectivity index (χ3n) is 9.02. The summed E-state index contributed by atoms with van der Waals surface area (Å²) in [6.07, 6.45) is 49.1. The Morgan fingerprint density at radius 3 is 1.07 bits per heavy atom.